The molecule has 2 rings (SSSR count). The zero-order chi connectivity index (χ0) is 15.6. The summed E-state index contributed by atoms with van der Waals surface area (Å²) < 4.78 is 0. The third kappa shape index (κ3) is 3.02. The van der Waals surface area contributed by atoms with E-state index in [-0.39, 0.29) is 0 Å². The summed E-state index contributed by atoms with van der Waals surface area (Å²) in [5, 5.41) is 19.9. The molecule has 0 amide bonds. The van der Waals surface area contributed by atoms with Gasteiger partial charge in [0.2, 0.25) is 0 Å². The lowest BCUT2D eigenvalue weighted by atomic mass is 9.74. The van der Waals surface area contributed by atoms with E-state index in [2.05, 4.69) is 9.88 Å². The van der Waals surface area contributed by atoms with Crippen molar-refractivity contribution >= 4 is 11.7 Å². The Balaban J connectivity index is 2.33. The van der Waals surface area contributed by atoms with Crippen molar-refractivity contribution in [3.05, 3.63) is 23.5 Å². The highest BCUT2D eigenvalue weighted by molar-refractivity contribution is 5.77. The van der Waals surface area contributed by atoms with Gasteiger partial charge in [-0.05, 0) is 38.8 Å². The Bertz CT molecular complexity index is 512. The van der Waals surface area contributed by atoms with Crippen LogP contribution in [0.5, 0.6) is 0 Å². The van der Waals surface area contributed by atoms with Gasteiger partial charge in [-0.2, -0.15) is 0 Å². The molecule has 1 aromatic heterocycles. The maximum absolute atomic E-state index is 11.8. The highest BCUT2D eigenvalue weighted by Crippen LogP contribution is 2.37. The SMILES string of the molecule is CCC[C@@]1(C(=O)O)CN(c2cc(C)nc(C)c2)CC[C@H]1O. The molecule has 0 aliphatic carbocycles. The molecule has 0 radical (unpaired) electrons. The summed E-state index contributed by atoms with van der Waals surface area (Å²) in [6.45, 7) is 6.84. The Labute approximate surface area is 125 Å². The van der Waals surface area contributed by atoms with Crippen molar-refractivity contribution in [2.75, 3.05) is 18.0 Å². The first-order valence-electron chi connectivity index (χ1n) is 7.51. The number of aryl methyl sites for hydroxylation is 2. The van der Waals surface area contributed by atoms with E-state index in [4.69, 9.17) is 0 Å². The van der Waals surface area contributed by atoms with Gasteiger partial charge in [-0.1, -0.05) is 13.3 Å². The van der Waals surface area contributed by atoms with Crippen molar-refractivity contribution in [1.82, 2.24) is 4.98 Å². The van der Waals surface area contributed by atoms with Crippen molar-refractivity contribution in [3.8, 4) is 0 Å². The lowest BCUT2D eigenvalue weighted by Crippen LogP contribution is -2.56. The Morgan fingerprint density at radius 2 is 2.05 bits per heavy atom. The van der Waals surface area contributed by atoms with Crippen LogP contribution in [-0.4, -0.2) is 40.4 Å². The van der Waals surface area contributed by atoms with E-state index in [0.29, 0.717) is 25.9 Å². The Morgan fingerprint density at radius 3 is 2.57 bits per heavy atom. The lowest BCUT2D eigenvalue weighted by molar-refractivity contribution is -0.158. The number of aliphatic carboxylic acids is 1. The van der Waals surface area contributed by atoms with Gasteiger partial charge < -0.3 is 15.1 Å². The van der Waals surface area contributed by atoms with Gasteiger partial charge in [-0.3, -0.25) is 9.78 Å². The van der Waals surface area contributed by atoms with Gasteiger partial charge in [-0.25, -0.2) is 0 Å². The summed E-state index contributed by atoms with van der Waals surface area (Å²) in [6, 6.07) is 3.95. The van der Waals surface area contributed by atoms with Crippen LogP contribution >= 0.6 is 0 Å². The van der Waals surface area contributed by atoms with Gasteiger partial charge >= 0.3 is 5.97 Å². The van der Waals surface area contributed by atoms with Crippen molar-refractivity contribution < 1.29 is 15.0 Å². The third-order valence-electron chi connectivity index (χ3n) is 4.34. The van der Waals surface area contributed by atoms with Crippen LogP contribution in [0, 0.1) is 19.3 Å². The van der Waals surface area contributed by atoms with Crippen LogP contribution in [0.1, 0.15) is 37.6 Å². The highest BCUT2D eigenvalue weighted by atomic mass is 16.4. The molecule has 5 nitrogen and oxygen atoms in total. The quantitative estimate of drug-likeness (QED) is 0.889. The zero-order valence-electron chi connectivity index (χ0n) is 13.0. The van der Waals surface area contributed by atoms with Gasteiger partial charge in [0, 0.05) is 30.2 Å². The van der Waals surface area contributed by atoms with E-state index in [9.17, 15) is 15.0 Å². The summed E-state index contributed by atoms with van der Waals surface area (Å²) in [4.78, 5) is 18.2. The number of rotatable bonds is 4. The molecule has 1 aliphatic heterocycles. The summed E-state index contributed by atoms with van der Waals surface area (Å²) in [7, 11) is 0. The molecule has 21 heavy (non-hydrogen) atoms. The fraction of sp³-hybridized carbons (Fsp3) is 0.625. The summed E-state index contributed by atoms with van der Waals surface area (Å²) >= 11 is 0. The number of anilines is 1. The van der Waals surface area contributed by atoms with Crippen molar-refractivity contribution in [3.63, 3.8) is 0 Å². The summed E-state index contributed by atoms with van der Waals surface area (Å²) in [6.07, 6.45) is 0.927. The normalized spacial score (nSPS) is 25.9. The first kappa shape index (κ1) is 15.8. The highest BCUT2D eigenvalue weighted by Gasteiger charge is 2.48. The number of carboxylic acid groups (broad SMARTS) is 1. The van der Waals surface area contributed by atoms with Gasteiger partial charge in [0.25, 0.3) is 0 Å². The number of aliphatic hydroxyl groups is 1. The molecule has 0 spiro atoms. The first-order chi connectivity index (χ1) is 9.89. The molecule has 0 saturated carbocycles. The van der Waals surface area contributed by atoms with E-state index < -0.39 is 17.5 Å². The molecule has 0 aromatic carbocycles. The molecule has 5 heteroatoms. The number of hydrogen-bond donors (Lipinski definition) is 2. The minimum absolute atomic E-state index is 0.347. The van der Waals surface area contributed by atoms with Gasteiger partial charge in [0.1, 0.15) is 5.41 Å². The fourth-order valence-electron chi connectivity index (χ4n) is 3.30. The van der Waals surface area contributed by atoms with E-state index in [1.165, 1.54) is 0 Å². The Kier molecular flexibility index (Phi) is 4.52. The molecule has 2 atom stereocenters. The number of piperidine rings is 1. The Morgan fingerprint density at radius 1 is 1.43 bits per heavy atom. The van der Waals surface area contributed by atoms with Crippen molar-refractivity contribution in [2.24, 2.45) is 5.41 Å². The van der Waals surface area contributed by atoms with E-state index in [1.807, 2.05) is 32.9 Å². The van der Waals surface area contributed by atoms with E-state index >= 15 is 0 Å². The minimum atomic E-state index is -1.07. The second kappa shape index (κ2) is 6.02. The third-order valence-corrected chi connectivity index (χ3v) is 4.34. The predicted octanol–water partition coefficient (Wildman–Crippen LogP) is 2.14. The molecule has 0 unspecified atom stereocenters. The monoisotopic (exact) mass is 292 g/mol. The number of pyridine rings is 1. The average molecular weight is 292 g/mol. The maximum atomic E-state index is 11.8. The van der Waals surface area contributed by atoms with Crippen LogP contribution in [0.25, 0.3) is 0 Å². The number of hydrogen-bond acceptors (Lipinski definition) is 4. The number of aliphatic hydroxyl groups excluding tert-OH is 1. The minimum Gasteiger partial charge on any atom is -0.481 e. The van der Waals surface area contributed by atoms with E-state index in [0.717, 1.165) is 23.5 Å². The van der Waals surface area contributed by atoms with Crippen molar-refractivity contribution in [2.45, 2.75) is 46.1 Å². The number of nitrogens with zero attached hydrogens (tertiary/aromatic N) is 2. The molecule has 2 N–H and O–H groups in total. The Hall–Kier alpha value is -1.62. The van der Waals surface area contributed by atoms with Crippen LogP contribution in [0.15, 0.2) is 12.1 Å². The molecule has 2 heterocycles. The van der Waals surface area contributed by atoms with Gasteiger partial charge in [0.05, 0.1) is 6.10 Å². The van der Waals surface area contributed by atoms with Gasteiger partial charge in [0.15, 0.2) is 0 Å². The summed E-state index contributed by atoms with van der Waals surface area (Å²) in [5.74, 6) is -0.899. The molecule has 116 valence electrons. The summed E-state index contributed by atoms with van der Waals surface area (Å²) in [5.41, 5.74) is 1.77. The van der Waals surface area contributed by atoms with Crippen LogP contribution in [0.3, 0.4) is 0 Å². The van der Waals surface area contributed by atoms with Gasteiger partial charge in [-0.15, -0.1) is 0 Å². The van der Waals surface area contributed by atoms with Crippen LogP contribution in [0.2, 0.25) is 0 Å². The maximum Gasteiger partial charge on any atom is 0.314 e. The predicted molar refractivity (Wildman–Crippen MR) is 81.5 cm³/mol. The molecule has 1 aromatic rings. The second-order valence-electron chi connectivity index (χ2n) is 6.05. The first-order valence-corrected chi connectivity index (χ1v) is 7.51. The lowest BCUT2D eigenvalue weighted by Gasteiger charge is -2.44. The zero-order valence-corrected chi connectivity index (χ0v) is 13.0. The topological polar surface area (TPSA) is 73.7 Å². The van der Waals surface area contributed by atoms with Crippen molar-refractivity contribution in [1.29, 1.82) is 0 Å². The fourth-order valence-corrected chi connectivity index (χ4v) is 3.30. The average Bonchev–Trinajstić information content (AvgIpc) is 2.40. The van der Waals surface area contributed by atoms with Crippen LogP contribution in [0.4, 0.5) is 5.69 Å². The second-order valence-corrected chi connectivity index (χ2v) is 6.05. The largest absolute Gasteiger partial charge is 0.481 e. The molecular weight excluding hydrogens is 268 g/mol. The number of aromatic nitrogens is 1. The van der Waals surface area contributed by atoms with E-state index in [1.54, 1.807) is 0 Å². The standard InChI is InChI=1S/C16H24N2O3/c1-4-6-16(15(20)21)10-18(7-5-14(16)19)13-8-11(2)17-12(3)9-13/h8-9,14,19H,4-7,10H2,1-3H3,(H,20,21)/t14-,16-/m1/s1. The molecule has 1 fully saturated rings. The number of carboxylic acids is 1. The van der Waals surface area contributed by atoms with Crippen LogP contribution in [-0.2, 0) is 4.79 Å². The van der Waals surface area contributed by atoms with Crippen LogP contribution < -0.4 is 4.90 Å². The molecular formula is C16H24N2O3. The smallest absolute Gasteiger partial charge is 0.314 e. The number of carbonyl (C=O) groups is 1. The molecule has 0 bridgehead atoms. The molecule has 1 aliphatic rings. The molecule has 1 saturated heterocycles.